The lowest BCUT2D eigenvalue weighted by Gasteiger charge is -2.42. The number of H-pyrrole nitrogens is 1. The SMILES string of the molecule is CCC(=O)N[C@H](Cc1c[nH]c2ccccc12)C(=O)N1CCCC(Cc2ccccc2)(C(N)=O)C1. The largest absolute Gasteiger partial charge is 0.369 e. The number of rotatable bonds is 8. The molecule has 34 heavy (non-hydrogen) atoms. The zero-order chi connectivity index (χ0) is 24.1. The van der Waals surface area contributed by atoms with Gasteiger partial charge in [0.15, 0.2) is 0 Å². The van der Waals surface area contributed by atoms with Gasteiger partial charge in [-0.3, -0.25) is 14.4 Å². The van der Waals surface area contributed by atoms with Crippen molar-refractivity contribution in [1.82, 2.24) is 15.2 Å². The molecule has 0 saturated carbocycles. The van der Waals surface area contributed by atoms with Gasteiger partial charge in [-0.2, -0.15) is 0 Å². The number of carbonyl (C=O) groups excluding carboxylic acids is 3. The van der Waals surface area contributed by atoms with Gasteiger partial charge < -0.3 is 20.9 Å². The number of piperidine rings is 1. The van der Waals surface area contributed by atoms with Crippen LogP contribution < -0.4 is 11.1 Å². The van der Waals surface area contributed by atoms with Gasteiger partial charge in [-0.15, -0.1) is 0 Å². The molecule has 0 radical (unpaired) electrons. The van der Waals surface area contributed by atoms with Crippen LogP contribution in [-0.2, 0) is 27.2 Å². The number of carbonyl (C=O) groups is 3. The van der Waals surface area contributed by atoms with Crippen LogP contribution in [0.5, 0.6) is 0 Å². The summed E-state index contributed by atoms with van der Waals surface area (Å²) in [5.74, 6) is -0.745. The highest BCUT2D eigenvalue weighted by molar-refractivity contribution is 5.90. The molecule has 3 amide bonds. The number of amides is 3. The van der Waals surface area contributed by atoms with Crippen LogP contribution in [0.15, 0.2) is 60.8 Å². The van der Waals surface area contributed by atoms with Gasteiger partial charge in [0.25, 0.3) is 0 Å². The minimum Gasteiger partial charge on any atom is -0.369 e. The van der Waals surface area contributed by atoms with Crippen molar-refractivity contribution in [3.05, 3.63) is 71.9 Å². The molecule has 2 atom stereocenters. The molecule has 0 spiro atoms. The molecular formula is C27H32N4O3. The molecule has 0 aliphatic carbocycles. The molecular weight excluding hydrogens is 428 g/mol. The standard InChI is InChI=1S/C27H32N4O3/c1-2-24(32)30-23(15-20-17-29-22-12-7-6-11-21(20)22)25(33)31-14-8-13-27(18-31,26(28)34)16-19-9-4-3-5-10-19/h3-7,9-12,17,23,29H,2,8,13-16,18H2,1H3,(H2,28,34)(H,30,32)/t23-,27?/m1/s1. The third-order valence-corrected chi connectivity index (χ3v) is 6.85. The van der Waals surface area contributed by atoms with Gasteiger partial charge in [0, 0.05) is 43.0 Å². The topological polar surface area (TPSA) is 108 Å². The average Bonchev–Trinajstić information content (AvgIpc) is 3.26. The van der Waals surface area contributed by atoms with Crippen LogP contribution in [0.2, 0.25) is 0 Å². The number of nitrogens with one attached hydrogen (secondary N) is 2. The number of hydrogen-bond donors (Lipinski definition) is 3. The van der Waals surface area contributed by atoms with Crippen LogP contribution in [0.25, 0.3) is 10.9 Å². The van der Waals surface area contributed by atoms with E-state index in [1.54, 1.807) is 11.8 Å². The van der Waals surface area contributed by atoms with Crippen LogP contribution in [0.3, 0.4) is 0 Å². The molecule has 1 aliphatic rings. The van der Waals surface area contributed by atoms with Crippen molar-refractivity contribution < 1.29 is 14.4 Å². The van der Waals surface area contributed by atoms with E-state index in [2.05, 4.69) is 10.3 Å². The van der Waals surface area contributed by atoms with E-state index in [4.69, 9.17) is 5.73 Å². The number of hydrogen-bond acceptors (Lipinski definition) is 3. The zero-order valence-corrected chi connectivity index (χ0v) is 19.5. The predicted octanol–water partition coefficient (Wildman–Crippen LogP) is 2.94. The van der Waals surface area contributed by atoms with Gasteiger partial charge in [-0.1, -0.05) is 55.5 Å². The number of aromatic amines is 1. The van der Waals surface area contributed by atoms with Crippen molar-refractivity contribution in [3.8, 4) is 0 Å². The summed E-state index contributed by atoms with van der Waals surface area (Å²) in [5.41, 5.74) is 8.06. The monoisotopic (exact) mass is 460 g/mol. The van der Waals surface area contributed by atoms with Crippen molar-refractivity contribution in [2.75, 3.05) is 13.1 Å². The Morgan fingerprint density at radius 3 is 2.59 bits per heavy atom. The van der Waals surface area contributed by atoms with Gasteiger partial charge in [-0.25, -0.2) is 0 Å². The van der Waals surface area contributed by atoms with Crippen molar-refractivity contribution in [3.63, 3.8) is 0 Å². The second-order valence-electron chi connectivity index (χ2n) is 9.21. The van der Waals surface area contributed by atoms with Gasteiger partial charge in [0.2, 0.25) is 17.7 Å². The number of aromatic nitrogens is 1. The fraction of sp³-hybridized carbons (Fsp3) is 0.370. The minimum absolute atomic E-state index is 0.175. The van der Waals surface area contributed by atoms with Gasteiger partial charge in [-0.05, 0) is 36.5 Å². The number of fused-ring (bicyclic) bond motifs is 1. The molecule has 178 valence electrons. The van der Waals surface area contributed by atoms with E-state index in [0.29, 0.717) is 32.2 Å². The average molecular weight is 461 g/mol. The predicted molar refractivity (Wildman–Crippen MR) is 132 cm³/mol. The molecule has 7 heteroatoms. The third-order valence-electron chi connectivity index (χ3n) is 6.85. The van der Waals surface area contributed by atoms with Crippen LogP contribution in [0, 0.1) is 5.41 Å². The second-order valence-corrected chi connectivity index (χ2v) is 9.21. The lowest BCUT2D eigenvalue weighted by molar-refractivity contribution is -0.143. The lowest BCUT2D eigenvalue weighted by Crippen LogP contribution is -2.57. The van der Waals surface area contributed by atoms with Gasteiger partial charge >= 0.3 is 0 Å². The summed E-state index contributed by atoms with van der Waals surface area (Å²) in [6.07, 6.45) is 4.35. The molecule has 4 rings (SSSR count). The Morgan fingerprint density at radius 1 is 1.12 bits per heavy atom. The molecule has 3 aromatic rings. The lowest BCUT2D eigenvalue weighted by atomic mass is 9.74. The summed E-state index contributed by atoms with van der Waals surface area (Å²) in [6.45, 7) is 2.55. The number of primary amides is 1. The fourth-order valence-corrected chi connectivity index (χ4v) is 4.98. The molecule has 1 unspecified atom stereocenters. The quantitative estimate of drug-likeness (QED) is 0.481. The van der Waals surface area contributed by atoms with Gasteiger partial charge in [0.05, 0.1) is 5.41 Å². The van der Waals surface area contributed by atoms with Gasteiger partial charge in [0.1, 0.15) is 6.04 Å². The highest BCUT2D eigenvalue weighted by Crippen LogP contribution is 2.34. The van der Waals surface area contributed by atoms with Crippen molar-refractivity contribution >= 4 is 28.6 Å². The Labute approximate surface area is 199 Å². The summed E-state index contributed by atoms with van der Waals surface area (Å²) < 4.78 is 0. The Balaban J connectivity index is 1.58. The number of nitrogens with zero attached hydrogens (tertiary/aromatic N) is 1. The van der Waals surface area contributed by atoms with Crippen LogP contribution in [0.4, 0.5) is 0 Å². The smallest absolute Gasteiger partial charge is 0.245 e. The number of nitrogens with two attached hydrogens (primary N) is 1. The number of likely N-dealkylation sites (tertiary alicyclic amines) is 1. The molecule has 2 aromatic carbocycles. The maximum atomic E-state index is 13.7. The summed E-state index contributed by atoms with van der Waals surface area (Å²) in [5, 5.41) is 3.94. The van der Waals surface area contributed by atoms with Crippen LogP contribution in [0.1, 0.15) is 37.3 Å². The van der Waals surface area contributed by atoms with Crippen molar-refractivity contribution in [2.45, 2.75) is 45.1 Å². The first-order valence-electron chi connectivity index (χ1n) is 11.9. The molecule has 0 bridgehead atoms. The summed E-state index contributed by atoms with van der Waals surface area (Å²) in [4.78, 5) is 43.6. The van der Waals surface area contributed by atoms with E-state index < -0.39 is 11.5 Å². The highest BCUT2D eigenvalue weighted by atomic mass is 16.2. The van der Waals surface area contributed by atoms with Crippen molar-refractivity contribution in [2.24, 2.45) is 11.1 Å². The summed E-state index contributed by atoms with van der Waals surface area (Å²) in [7, 11) is 0. The summed E-state index contributed by atoms with van der Waals surface area (Å²) >= 11 is 0. The second kappa shape index (κ2) is 10.1. The van der Waals surface area contributed by atoms with E-state index in [0.717, 1.165) is 22.0 Å². The summed E-state index contributed by atoms with van der Waals surface area (Å²) in [6, 6.07) is 16.9. The zero-order valence-electron chi connectivity index (χ0n) is 19.5. The molecule has 7 nitrogen and oxygen atoms in total. The van der Waals surface area contributed by atoms with E-state index in [1.165, 1.54) is 0 Å². The number of benzene rings is 2. The first-order valence-corrected chi connectivity index (χ1v) is 11.9. The molecule has 1 fully saturated rings. The maximum Gasteiger partial charge on any atom is 0.245 e. The molecule has 2 heterocycles. The normalized spacial score (nSPS) is 19.0. The van der Waals surface area contributed by atoms with Crippen LogP contribution >= 0.6 is 0 Å². The van der Waals surface area contributed by atoms with Crippen LogP contribution in [-0.4, -0.2) is 46.7 Å². The van der Waals surface area contributed by atoms with E-state index in [-0.39, 0.29) is 30.7 Å². The molecule has 4 N–H and O–H groups in total. The number of para-hydroxylation sites is 1. The van der Waals surface area contributed by atoms with E-state index in [1.807, 2.05) is 60.8 Å². The maximum absolute atomic E-state index is 13.7. The first kappa shape index (κ1) is 23.5. The third kappa shape index (κ3) is 4.98. The molecule has 1 aromatic heterocycles. The fourth-order valence-electron chi connectivity index (χ4n) is 4.98. The Hall–Kier alpha value is -3.61. The van der Waals surface area contributed by atoms with E-state index >= 15 is 0 Å². The highest BCUT2D eigenvalue weighted by Gasteiger charge is 2.43. The van der Waals surface area contributed by atoms with Crippen molar-refractivity contribution in [1.29, 1.82) is 0 Å². The minimum atomic E-state index is -0.824. The molecule has 1 saturated heterocycles. The Kier molecular flexibility index (Phi) is 7.01. The molecule has 1 aliphatic heterocycles. The van der Waals surface area contributed by atoms with E-state index in [9.17, 15) is 14.4 Å². The Morgan fingerprint density at radius 2 is 1.85 bits per heavy atom. The first-order chi connectivity index (χ1) is 16.4. The Bertz CT molecular complexity index is 1170.